The molecule has 1 nitrogen and oxygen atoms in total. The number of para-hydroxylation sites is 1. The van der Waals surface area contributed by atoms with Gasteiger partial charge in [-0.15, -0.1) is 0 Å². The fourth-order valence-corrected chi connectivity index (χ4v) is 2.19. The summed E-state index contributed by atoms with van der Waals surface area (Å²) in [7, 11) is 0. The van der Waals surface area contributed by atoms with Crippen LogP contribution in [-0.2, 0) is 0 Å². The van der Waals surface area contributed by atoms with E-state index in [9.17, 15) is 0 Å². The lowest BCUT2D eigenvalue weighted by atomic mass is 10.00. The summed E-state index contributed by atoms with van der Waals surface area (Å²) in [5.74, 6) is 0.539. The van der Waals surface area contributed by atoms with Crippen molar-refractivity contribution in [2.75, 3.05) is 5.32 Å². The van der Waals surface area contributed by atoms with E-state index in [0.717, 1.165) is 0 Å². The molecule has 0 aliphatic heterocycles. The van der Waals surface area contributed by atoms with Crippen molar-refractivity contribution in [2.45, 2.75) is 32.7 Å². The number of benzene rings is 2. The molecule has 18 heavy (non-hydrogen) atoms. The number of nitrogens with one attached hydrogen (secondary N) is 1. The second-order valence-electron chi connectivity index (χ2n) is 5.02. The van der Waals surface area contributed by atoms with Crippen molar-refractivity contribution in [3.8, 4) is 0 Å². The van der Waals surface area contributed by atoms with E-state index in [0.29, 0.717) is 12.0 Å². The van der Waals surface area contributed by atoms with Gasteiger partial charge in [-0.2, -0.15) is 0 Å². The van der Waals surface area contributed by atoms with E-state index in [1.807, 2.05) is 0 Å². The second kappa shape index (κ2) is 5.72. The van der Waals surface area contributed by atoms with E-state index in [1.165, 1.54) is 16.8 Å². The third-order valence-corrected chi connectivity index (χ3v) is 3.25. The fourth-order valence-electron chi connectivity index (χ4n) is 2.19. The van der Waals surface area contributed by atoms with E-state index in [1.54, 1.807) is 0 Å². The van der Waals surface area contributed by atoms with Crippen LogP contribution in [0.1, 0.15) is 43.9 Å². The third-order valence-electron chi connectivity index (χ3n) is 3.25. The lowest BCUT2D eigenvalue weighted by Crippen LogP contribution is -2.08. The summed E-state index contributed by atoms with van der Waals surface area (Å²) in [6.07, 6.45) is 0. The normalized spacial score (nSPS) is 12.4. The van der Waals surface area contributed by atoms with Crippen molar-refractivity contribution in [2.24, 2.45) is 0 Å². The molecular formula is C17H21N. The van der Waals surface area contributed by atoms with Gasteiger partial charge in [-0.25, -0.2) is 0 Å². The molecule has 0 fully saturated rings. The van der Waals surface area contributed by atoms with Crippen molar-refractivity contribution in [1.29, 1.82) is 0 Å². The van der Waals surface area contributed by atoms with Crippen LogP contribution < -0.4 is 5.32 Å². The van der Waals surface area contributed by atoms with Crippen molar-refractivity contribution in [3.63, 3.8) is 0 Å². The zero-order valence-corrected chi connectivity index (χ0v) is 11.4. The Balaban J connectivity index is 2.19. The molecular weight excluding hydrogens is 218 g/mol. The first-order chi connectivity index (χ1) is 8.68. The summed E-state index contributed by atoms with van der Waals surface area (Å²) >= 11 is 0. The summed E-state index contributed by atoms with van der Waals surface area (Å²) in [6.45, 7) is 6.66. The van der Waals surface area contributed by atoms with E-state index < -0.39 is 0 Å². The molecule has 1 N–H and O–H groups in total. The summed E-state index contributed by atoms with van der Waals surface area (Å²) in [5.41, 5.74) is 3.93. The molecule has 1 atom stereocenters. The molecule has 0 spiro atoms. The van der Waals surface area contributed by atoms with Gasteiger partial charge in [0.1, 0.15) is 0 Å². The van der Waals surface area contributed by atoms with Gasteiger partial charge in [0.15, 0.2) is 0 Å². The maximum Gasteiger partial charge on any atom is 0.0485 e. The molecule has 94 valence electrons. The molecule has 0 saturated carbocycles. The Morgan fingerprint density at radius 2 is 1.39 bits per heavy atom. The number of hydrogen-bond acceptors (Lipinski definition) is 1. The first kappa shape index (κ1) is 12.7. The number of hydrogen-bond donors (Lipinski definition) is 1. The standard InChI is InChI=1S/C17H21N/c1-13(2)16-11-7-8-12-17(16)18-14(3)15-9-5-4-6-10-15/h4-14,18H,1-3H3. The Morgan fingerprint density at radius 3 is 2.06 bits per heavy atom. The van der Waals surface area contributed by atoms with Gasteiger partial charge in [-0.05, 0) is 30.0 Å². The van der Waals surface area contributed by atoms with Crippen LogP contribution in [0.5, 0.6) is 0 Å². The van der Waals surface area contributed by atoms with Crippen LogP contribution in [0.3, 0.4) is 0 Å². The van der Waals surface area contributed by atoms with Gasteiger partial charge in [0.2, 0.25) is 0 Å². The molecule has 0 heterocycles. The van der Waals surface area contributed by atoms with Crippen LogP contribution >= 0.6 is 0 Å². The van der Waals surface area contributed by atoms with Gasteiger partial charge in [0, 0.05) is 11.7 Å². The first-order valence-corrected chi connectivity index (χ1v) is 6.59. The molecule has 0 amide bonds. The third kappa shape index (κ3) is 2.92. The molecule has 0 saturated heterocycles. The maximum absolute atomic E-state index is 3.61. The highest BCUT2D eigenvalue weighted by Gasteiger charge is 2.09. The fraction of sp³-hybridized carbons (Fsp3) is 0.294. The molecule has 2 aromatic carbocycles. The molecule has 0 radical (unpaired) electrons. The molecule has 1 unspecified atom stereocenters. The average Bonchev–Trinajstić information content (AvgIpc) is 2.40. The minimum atomic E-state index is 0.325. The molecule has 2 rings (SSSR count). The van der Waals surface area contributed by atoms with Gasteiger partial charge in [-0.1, -0.05) is 62.4 Å². The molecule has 1 heteroatoms. The Kier molecular flexibility index (Phi) is 4.03. The van der Waals surface area contributed by atoms with E-state index in [-0.39, 0.29) is 0 Å². The molecule has 0 bridgehead atoms. The summed E-state index contributed by atoms with van der Waals surface area (Å²) in [6, 6.07) is 19.4. The number of anilines is 1. The SMILES string of the molecule is CC(C)c1ccccc1NC(C)c1ccccc1. The smallest absolute Gasteiger partial charge is 0.0485 e. The van der Waals surface area contributed by atoms with E-state index in [4.69, 9.17) is 0 Å². The van der Waals surface area contributed by atoms with Crippen LogP contribution in [0.4, 0.5) is 5.69 Å². The van der Waals surface area contributed by atoms with Crippen molar-refractivity contribution in [1.82, 2.24) is 0 Å². The largest absolute Gasteiger partial charge is 0.378 e. The van der Waals surface area contributed by atoms with Crippen LogP contribution in [-0.4, -0.2) is 0 Å². The van der Waals surface area contributed by atoms with Crippen LogP contribution in [0.15, 0.2) is 54.6 Å². The summed E-state index contributed by atoms with van der Waals surface area (Å²) in [5, 5.41) is 3.61. The zero-order valence-electron chi connectivity index (χ0n) is 11.4. The molecule has 0 aromatic heterocycles. The maximum atomic E-state index is 3.61. The van der Waals surface area contributed by atoms with Crippen LogP contribution in [0.25, 0.3) is 0 Å². The minimum absolute atomic E-state index is 0.325. The van der Waals surface area contributed by atoms with Crippen LogP contribution in [0.2, 0.25) is 0 Å². The summed E-state index contributed by atoms with van der Waals surface area (Å²) < 4.78 is 0. The Labute approximate surface area is 110 Å². The molecule has 0 aliphatic rings. The van der Waals surface area contributed by atoms with Gasteiger partial charge in [0.05, 0.1) is 0 Å². The van der Waals surface area contributed by atoms with Gasteiger partial charge in [-0.3, -0.25) is 0 Å². The Bertz CT molecular complexity index is 488. The predicted molar refractivity (Wildman–Crippen MR) is 79.0 cm³/mol. The minimum Gasteiger partial charge on any atom is -0.378 e. The number of rotatable bonds is 4. The quantitative estimate of drug-likeness (QED) is 0.793. The molecule has 2 aromatic rings. The highest BCUT2D eigenvalue weighted by Crippen LogP contribution is 2.27. The van der Waals surface area contributed by atoms with Gasteiger partial charge >= 0.3 is 0 Å². The monoisotopic (exact) mass is 239 g/mol. The molecule has 0 aliphatic carbocycles. The van der Waals surface area contributed by atoms with Crippen molar-refractivity contribution < 1.29 is 0 Å². The van der Waals surface area contributed by atoms with E-state index >= 15 is 0 Å². The van der Waals surface area contributed by atoms with Gasteiger partial charge < -0.3 is 5.32 Å². The predicted octanol–water partition coefficient (Wildman–Crippen LogP) is 4.98. The second-order valence-corrected chi connectivity index (χ2v) is 5.02. The average molecular weight is 239 g/mol. The van der Waals surface area contributed by atoms with E-state index in [2.05, 4.69) is 80.7 Å². The van der Waals surface area contributed by atoms with Crippen molar-refractivity contribution in [3.05, 3.63) is 65.7 Å². The Hall–Kier alpha value is -1.76. The van der Waals surface area contributed by atoms with Crippen molar-refractivity contribution >= 4 is 5.69 Å². The lowest BCUT2D eigenvalue weighted by Gasteiger charge is -2.20. The van der Waals surface area contributed by atoms with Gasteiger partial charge in [0.25, 0.3) is 0 Å². The highest BCUT2D eigenvalue weighted by molar-refractivity contribution is 5.53. The lowest BCUT2D eigenvalue weighted by molar-refractivity contribution is 0.841. The first-order valence-electron chi connectivity index (χ1n) is 6.59. The summed E-state index contributed by atoms with van der Waals surface area (Å²) in [4.78, 5) is 0. The topological polar surface area (TPSA) is 12.0 Å². The van der Waals surface area contributed by atoms with Crippen LogP contribution in [0, 0.1) is 0 Å². The highest BCUT2D eigenvalue weighted by atomic mass is 14.9. The Morgan fingerprint density at radius 1 is 0.778 bits per heavy atom. The zero-order chi connectivity index (χ0) is 13.0.